The van der Waals surface area contributed by atoms with Gasteiger partial charge in [0, 0.05) is 61.1 Å². The Bertz CT molecular complexity index is 793. The number of hydrogen-bond donors (Lipinski definition) is 1. The van der Waals surface area contributed by atoms with Crippen LogP contribution in [0.1, 0.15) is 25.7 Å². The van der Waals surface area contributed by atoms with Gasteiger partial charge in [-0.3, -0.25) is 0 Å². The molecule has 4 rings (SSSR count). The van der Waals surface area contributed by atoms with Crippen molar-refractivity contribution in [1.29, 1.82) is 0 Å². The molecule has 148 valence electrons. The van der Waals surface area contributed by atoms with Gasteiger partial charge < -0.3 is 24.4 Å². The van der Waals surface area contributed by atoms with E-state index in [1.165, 1.54) is 0 Å². The Balaban J connectivity index is 1.42. The molecule has 2 saturated heterocycles. The van der Waals surface area contributed by atoms with Crippen molar-refractivity contribution in [2.75, 3.05) is 19.5 Å². The number of hydrogen-bond acceptors (Lipinski definition) is 5. The van der Waals surface area contributed by atoms with Crippen LogP contribution in [0.5, 0.6) is 17.4 Å². The minimum Gasteiger partial charge on any atom is -0.497 e. The molecule has 0 spiro atoms. The Kier molecular flexibility index (Phi) is 5.23. The first-order valence-electron chi connectivity index (χ1n) is 9.56. The second-order valence-electron chi connectivity index (χ2n) is 7.20. The molecule has 2 atom stereocenters. The van der Waals surface area contributed by atoms with E-state index in [9.17, 15) is 4.79 Å². The zero-order valence-corrected chi connectivity index (χ0v) is 16.1. The SMILES string of the molecule is COc1cc(NC(=O)N2C3CCC2CC(Oc2ccccn2)C3)cc(OC)c1. The molecule has 0 radical (unpaired) electrons. The number of nitrogens with one attached hydrogen (secondary N) is 1. The summed E-state index contributed by atoms with van der Waals surface area (Å²) in [6.45, 7) is 0. The third kappa shape index (κ3) is 3.83. The van der Waals surface area contributed by atoms with Gasteiger partial charge in [-0.1, -0.05) is 6.07 Å². The summed E-state index contributed by atoms with van der Waals surface area (Å²) in [6.07, 6.45) is 5.47. The maximum absolute atomic E-state index is 13.0. The fraction of sp³-hybridized carbons (Fsp3) is 0.429. The first-order chi connectivity index (χ1) is 13.7. The van der Waals surface area contributed by atoms with Gasteiger partial charge in [0.15, 0.2) is 0 Å². The Morgan fingerprint density at radius 1 is 1.07 bits per heavy atom. The van der Waals surface area contributed by atoms with Crippen LogP contribution in [0.2, 0.25) is 0 Å². The van der Waals surface area contributed by atoms with Crippen LogP contribution in [0.25, 0.3) is 0 Å². The summed E-state index contributed by atoms with van der Waals surface area (Å²) < 4.78 is 16.6. The lowest BCUT2D eigenvalue weighted by molar-refractivity contribution is 0.0704. The average Bonchev–Trinajstić information content (AvgIpc) is 2.99. The lowest BCUT2D eigenvalue weighted by Crippen LogP contribution is -2.50. The number of carbonyl (C=O) groups excluding carboxylic acids is 1. The molecule has 28 heavy (non-hydrogen) atoms. The largest absolute Gasteiger partial charge is 0.497 e. The van der Waals surface area contributed by atoms with Crippen LogP contribution >= 0.6 is 0 Å². The summed E-state index contributed by atoms with van der Waals surface area (Å²) in [7, 11) is 3.18. The van der Waals surface area contributed by atoms with Crippen molar-refractivity contribution in [2.45, 2.75) is 43.9 Å². The maximum atomic E-state index is 13.0. The van der Waals surface area contributed by atoms with Crippen LogP contribution in [0.15, 0.2) is 42.6 Å². The second-order valence-corrected chi connectivity index (χ2v) is 7.20. The third-order valence-corrected chi connectivity index (χ3v) is 5.45. The topological polar surface area (TPSA) is 72.9 Å². The molecule has 1 N–H and O–H groups in total. The molecule has 7 nitrogen and oxygen atoms in total. The number of piperidine rings is 1. The van der Waals surface area contributed by atoms with E-state index in [1.54, 1.807) is 38.6 Å². The highest BCUT2D eigenvalue weighted by Crippen LogP contribution is 2.38. The predicted octanol–water partition coefficient (Wildman–Crippen LogP) is 3.71. The fourth-order valence-electron chi connectivity index (χ4n) is 4.21. The molecule has 2 aliphatic rings. The van der Waals surface area contributed by atoms with Crippen molar-refractivity contribution in [3.05, 3.63) is 42.6 Å². The number of urea groups is 1. The van der Waals surface area contributed by atoms with Crippen LogP contribution in [-0.4, -0.2) is 48.3 Å². The molecule has 2 fully saturated rings. The number of benzene rings is 1. The normalized spacial score (nSPS) is 23.2. The molecule has 1 aromatic carbocycles. The zero-order valence-electron chi connectivity index (χ0n) is 16.1. The summed E-state index contributed by atoms with van der Waals surface area (Å²) in [6, 6.07) is 11.3. The number of carbonyl (C=O) groups is 1. The van der Waals surface area contributed by atoms with Crippen LogP contribution in [0.3, 0.4) is 0 Å². The number of aromatic nitrogens is 1. The highest BCUT2D eigenvalue weighted by Gasteiger charge is 2.44. The second kappa shape index (κ2) is 7.96. The highest BCUT2D eigenvalue weighted by molar-refractivity contribution is 5.90. The predicted molar refractivity (Wildman–Crippen MR) is 105 cm³/mol. The van der Waals surface area contributed by atoms with Gasteiger partial charge in [-0.25, -0.2) is 9.78 Å². The van der Waals surface area contributed by atoms with Gasteiger partial charge in [0.1, 0.15) is 17.6 Å². The smallest absolute Gasteiger partial charge is 0.322 e. The van der Waals surface area contributed by atoms with E-state index in [2.05, 4.69) is 10.3 Å². The summed E-state index contributed by atoms with van der Waals surface area (Å²) in [5.41, 5.74) is 0.660. The van der Waals surface area contributed by atoms with Gasteiger partial charge in [0.25, 0.3) is 0 Å². The van der Waals surface area contributed by atoms with E-state index in [0.29, 0.717) is 23.1 Å². The van der Waals surface area contributed by atoms with E-state index >= 15 is 0 Å². The summed E-state index contributed by atoms with van der Waals surface area (Å²) in [5.74, 6) is 1.92. The lowest BCUT2D eigenvalue weighted by Gasteiger charge is -2.38. The van der Waals surface area contributed by atoms with E-state index < -0.39 is 0 Å². The fourth-order valence-corrected chi connectivity index (χ4v) is 4.21. The van der Waals surface area contributed by atoms with Gasteiger partial charge in [0.05, 0.1) is 14.2 Å². The van der Waals surface area contributed by atoms with Gasteiger partial charge >= 0.3 is 6.03 Å². The van der Waals surface area contributed by atoms with Crippen molar-refractivity contribution in [2.24, 2.45) is 0 Å². The van der Waals surface area contributed by atoms with Crippen molar-refractivity contribution in [3.63, 3.8) is 0 Å². The summed E-state index contributed by atoms with van der Waals surface area (Å²) >= 11 is 0. The molecule has 2 aromatic rings. The Morgan fingerprint density at radius 3 is 2.32 bits per heavy atom. The van der Waals surface area contributed by atoms with E-state index in [0.717, 1.165) is 25.7 Å². The van der Waals surface area contributed by atoms with Gasteiger partial charge in [-0.2, -0.15) is 0 Å². The molecule has 2 unspecified atom stereocenters. The molecule has 0 aliphatic carbocycles. The number of methoxy groups -OCH3 is 2. The molecule has 2 bridgehead atoms. The number of ether oxygens (including phenoxy) is 3. The number of nitrogens with zero attached hydrogens (tertiary/aromatic N) is 2. The maximum Gasteiger partial charge on any atom is 0.322 e. The zero-order chi connectivity index (χ0) is 19.5. The van der Waals surface area contributed by atoms with E-state index in [-0.39, 0.29) is 24.2 Å². The molecular weight excluding hydrogens is 358 g/mol. The first-order valence-corrected chi connectivity index (χ1v) is 9.56. The number of amides is 2. The lowest BCUT2D eigenvalue weighted by atomic mass is 10.00. The Morgan fingerprint density at radius 2 is 1.75 bits per heavy atom. The van der Waals surface area contributed by atoms with Crippen LogP contribution in [-0.2, 0) is 0 Å². The highest BCUT2D eigenvalue weighted by atomic mass is 16.5. The average molecular weight is 383 g/mol. The number of pyridine rings is 1. The van der Waals surface area contributed by atoms with Gasteiger partial charge in [-0.05, 0) is 18.9 Å². The quantitative estimate of drug-likeness (QED) is 0.852. The van der Waals surface area contributed by atoms with Crippen molar-refractivity contribution in [3.8, 4) is 17.4 Å². The molecule has 2 amide bonds. The van der Waals surface area contributed by atoms with Crippen LogP contribution in [0.4, 0.5) is 10.5 Å². The van der Waals surface area contributed by atoms with Crippen molar-refractivity contribution < 1.29 is 19.0 Å². The minimum absolute atomic E-state index is 0.0842. The number of fused-ring (bicyclic) bond motifs is 2. The molecule has 2 aliphatic heterocycles. The van der Waals surface area contributed by atoms with Crippen molar-refractivity contribution >= 4 is 11.7 Å². The van der Waals surface area contributed by atoms with Crippen molar-refractivity contribution in [1.82, 2.24) is 9.88 Å². The summed E-state index contributed by atoms with van der Waals surface area (Å²) in [4.78, 5) is 19.2. The van der Waals surface area contributed by atoms with Crippen LogP contribution < -0.4 is 19.5 Å². The van der Waals surface area contributed by atoms with Crippen LogP contribution in [0, 0.1) is 0 Å². The molecule has 7 heteroatoms. The first kappa shape index (κ1) is 18.4. The van der Waals surface area contributed by atoms with Gasteiger partial charge in [-0.15, -0.1) is 0 Å². The monoisotopic (exact) mass is 383 g/mol. The number of rotatable bonds is 5. The molecule has 0 saturated carbocycles. The Labute approximate surface area is 164 Å². The minimum atomic E-state index is -0.0842. The van der Waals surface area contributed by atoms with Gasteiger partial charge in [0.2, 0.25) is 5.88 Å². The molecular formula is C21H25N3O4. The summed E-state index contributed by atoms with van der Waals surface area (Å²) in [5, 5.41) is 3.00. The number of anilines is 1. The molecule has 1 aromatic heterocycles. The Hall–Kier alpha value is -2.96. The third-order valence-electron chi connectivity index (χ3n) is 5.45. The standard InChI is InChI=1S/C21H25N3O4/c1-26-17-9-14(10-18(13-17)27-2)23-21(25)24-15-6-7-16(24)12-19(11-15)28-20-5-3-4-8-22-20/h3-5,8-10,13,15-16,19H,6-7,11-12H2,1-2H3,(H,23,25). The molecule has 3 heterocycles. The van der Waals surface area contributed by atoms with E-state index in [1.807, 2.05) is 23.1 Å². The van der Waals surface area contributed by atoms with E-state index in [4.69, 9.17) is 14.2 Å².